The first kappa shape index (κ1) is 17.3. The fourth-order valence-corrected chi connectivity index (χ4v) is 1.38. The molecule has 0 aliphatic rings. The Kier molecular flexibility index (Phi) is 10.4. The van der Waals surface area contributed by atoms with E-state index in [1.807, 2.05) is 0 Å². The summed E-state index contributed by atoms with van der Waals surface area (Å²) < 4.78 is 4.84. The molecule has 3 nitrogen and oxygen atoms in total. The molecule has 1 N–H and O–H groups in total. The van der Waals surface area contributed by atoms with Gasteiger partial charge in [0.05, 0.1) is 0 Å². The lowest BCUT2D eigenvalue weighted by atomic mass is 10.1. The van der Waals surface area contributed by atoms with Gasteiger partial charge in [0.2, 0.25) is 0 Å². The molecule has 0 aliphatic carbocycles. The zero-order chi connectivity index (χ0) is 14.5. The van der Waals surface area contributed by atoms with E-state index in [9.17, 15) is 9.90 Å². The Labute approximate surface area is 116 Å². The van der Waals surface area contributed by atoms with Gasteiger partial charge in [-0.15, -0.1) is 0 Å². The number of esters is 1. The molecular formula is C16H22O3. The van der Waals surface area contributed by atoms with Crippen LogP contribution in [0, 0.1) is 23.7 Å². The first-order valence-electron chi connectivity index (χ1n) is 6.59. The minimum atomic E-state index is -0.645. The van der Waals surface area contributed by atoms with Crippen LogP contribution in [-0.4, -0.2) is 23.3 Å². The second-order valence-electron chi connectivity index (χ2n) is 4.17. The molecular weight excluding hydrogens is 240 g/mol. The van der Waals surface area contributed by atoms with Crippen molar-refractivity contribution >= 4 is 5.97 Å². The number of hydrogen-bond donors (Lipinski definition) is 1. The fraction of sp³-hybridized carbons (Fsp3) is 0.562. The maximum atomic E-state index is 10.7. The first-order valence-corrected chi connectivity index (χ1v) is 6.59. The predicted octanol–water partition coefficient (Wildman–Crippen LogP) is 2.44. The maximum Gasteiger partial charge on any atom is 0.304 e. The maximum absolute atomic E-state index is 10.7. The molecule has 0 rings (SSSR count). The number of hydrogen-bond acceptors (Lipinski definition) is 3. The minimum absolute atomic E-state index is 0.414. The van der Waals surface area contributed by atoms with Gasteiger partial charge < -0.3 is 9.84 Å². The SMILES string of the molecule is C=C[C@H](C#CC#C[C@@H](O)CCCCCC)OC(C)=O. The fourth-order valence-electron chi connectivity index (χ4n) is 1.38. The van der Waals surface area contributed by atoms with Gasteiger partial charge in [-0.1, -0.05) is 38.7 Å². The van der Waals surface area contributed by atoms with Crippen molar-refractivity contribution in [2.24, 2.45) is 0 Å². The third-order valence-electron chi connectivity index (χ3n) is 2.35. The molecule has 0 radical (unpaired) electrons. The van der Waals surface area contributed by atoms with Crippen LogP contribution in [0.4, 0.5) is 0 Å². The van der Waals surface area contributed by atoms with Crippen LogP contribution in [0.15, 0.2) is 12.7 Å². The zero-order valence-electron chi connectivity index (χ0n) is 11.7. The Morgan fingerprint density at radius 3 is 2.58 bits per heavy atom. The minimum Gasteiger partial charge on any atom is -0.445 e. The predicted molar refractivity (Wildman–Crippen MR) is 76.1 cm³/mol. The van der Waals surface area contributed by atoms with Gasteiger partial charge >= 0.3 is 5.97 Å². The van der Waals surface area contributed by atoms with Gasteiger partial charge in [-0.2, -0.15) is 0 Å². The Balaban J connectivity index is 4.07. The summed E-state index contributed by atoms with van der Waals surface area (Å²) in [6, 6.07) is 0. The van der Waals surface area contributed by atoms with Crippen molar-refractivity contribution in [2.45, 2.75) is 58.2 Å². The van der Waals surface area contributed by atoms with E-state index < -0.39 is 18.2 Å². The Bertz CT molecular complexity index is 390. The lowest BCUT2D eigenvalue weighted by Crippen LogP contribution is -2.10. The van der Waals surface area contributed by atoms with Gasteiger partial charge in [-0.3, -0.25) is 4.79 Å². The molecule has 0 unspecified atom stereocenters. The molecule has 2 atom stereocenters. The van der Waals surface area contributed by atoms with Crippen LogP contribution in [0.3, 0.4) is 0 Å². The van der Waals surface area contributed by atoms with Crippen molar-refractivity contribution in [2.75, 3.05) is 0 Å². The highest BCUT2D eigenvalue weighted by molar-refractivity contribution is 5.66. The van der Waals surface area contributed by atoms with Gasteiger partial charge in [0.1, 0.15) is 6.10 Å². The van der Waals surface area contributed by atoms with E-state index in [4.69, 9.17) is 4.74 Å². The molecule has 0 aromatic rings. The highest BCUT2D eigenvalue weighted by Crippen LogP contribution is 2.04. The Hall–Kier alpha value is -1.71. The van der Waals surface area contributed by atoms with E-state index in [-0.39, 0.29) is 0 Å². The zero-order valence-corrected chi connectivity index (χ0v) is 11.7. The van der Waals surface area contributed by atoms with Crippen molar-refractivity contribution < 1.29 is 14.6 Å². The van der Waals surface area contributed by atoms with Crippen molar-refractivity contribution in [3.8, 4) is 23.7 Å². The lowest BCUT2D eigenvalue weighted by molar-refractivity contribution is -0.142. The van der Waals surface area contributed by atoms with E-state index in [0.717, 1.165) is 12.8 Å². The van der Waals surface area contributed by atoms with E-state index in [1.54, 1.807) is 0 Å². The number of ether oxygens (including phenoxy) is 1. The lowest BCUT2D eigenvalue weighted by Gasteiger charge is -2.03. The summed E-state index contributed by atoms with van der Waals surface area (Å²) in [6.07, 6.45) is 5.26. The third-order valence-corrected chi connectivity index (χ3v) is 2.35. The van der Waals surface area contributed by atoms with Crippen molar-refractivity contribution in [1.29, 1.82) is 0 Å². The van der Waals surface area contributed by atoms with Gasteiger partial charge in [-0.05, 0) is 36.7 Å². The van der Waals surface area contributed by atoms with Crippen molar-refractivity contribution in [1.82, 2.24) is 0 Å². The molecule has 104 valence electrons. The summed E-state index contributed by atoms with van der Waals surface area (Å²) in [5, 5.41) is 9.57. The third kappa shape index (κ3) is 11.1. The number of carbonyl (C=O) groups is 1. The second kappa shape index (κ2) is 11.4. The number of aliphatic hydroxyl groups is 1. The highest BCUT2D eigenvalue weighted by Gasteiger charge is 2.01. The average Bonchev–Trinajstić information content (AvgIpc) is 2.37. The number of carbonyl (C=O) groups excluding carboxylic acids is 1. The molecule has 3 heteroatoms. The van der Waals surface area contributed by atoms with Crippen LogP contribution in [0.5, 0.6) is 0 Å². The summed E-state index contributed by atoms with van der Waals surface area (Å²) in [6.45, 7) is 6.96. The quantitative estimate of drug-likeness (QED) is 0.332. The molecule has 0 bridgehead atoms. The largest absolute Gasteiger partial charge is 0.445 e. The van der Waals surface area contributed by atoms with Crippen LogP contribution in [0.25, 0.3) is 0 Å². The van der Waals surface area contributed by atoms with E-state index in [2.05, 4.69) is 37.2 Å². The van der Waals surface area contributed by atoms with E-state index in [0.29, 0.717) is 6.42 Å². The van der Waals surface area contributed by atoms with Crippen molar-refractivity contribution in [3.63, 3.8) is 0 Å². The highest BCUT2D eigenvalue weighted by atomic mass is 16.5. The summed E-state index contributed by atoms with van der Waals surface area (Å²) in [7, 11) is 0. The van der Waals surface area contributed by atoms with Crippen LogP contribution < -0.4 is 0 Å². The van der Waals surface area contributed by atoms with E-state index in [1.165, 1.54) is 25.8 Å². The Morgan fingerprint density at radius 1 is 1.32 bits per heavy atom. The number of rotatable bonds is 7. The smallest absolute Gasteiger partial charge is 0.304 e. The van der Waals surface area contributed by atoms with Crippen LogP contribution >= 0.6 is 0 Å². The molecule has 0 fully saturated rings. The molecule has 0 spiro atoms. The molecule has 19 heavy (non-hydrogen) atoms. The topological polar surface area (TPSA) is 46.5 Å². The van der Waals surface area contributed by atoms with Crippen LogP contribution in [0.2, 0.25) is 0 Å². The van der Waals surface area contributed by atoms with Crippen LogP contribution in [0.1, 0.15) is 46.0 Å². The molecule has 0 aliphatic heterocycles. The van der Waals surface area contributed by atoms with Gasteiger partial charge in [0.25, 0.3) is 0 Å². The average molecular weight is 262 g/mol. The van der Waals surface area contributed by atoms with Crippen molar-refractivity contribution in [3.05, 3.63) is 12.7 Å². The van der Waals surface area contributed by atoms with Crippen LogP contribution in [-0.2, 0) is 9.53 Å². The molecule has 0 saturated heterocycles. The van der Waals surface area contributed by atoms with Gasteiger partial charge in [-0.25, -0.2) is 0 Å². The summed E-state index contributed by atoms with van der Waals surface area (Å²) >= 11 is 0. The molecule has 0 amide bonds. The molecule has 0 saturated carbocycles. The summed E-state index contributed by atoms with van der Waals surface area (Å²) in [5.74, 6) is 9.99. The molecule has 0 heterocycles. The normalized spacial score (nSPS) is 12.2. The van der Waals surface area contributed by atoms with E-state index >= 15 is 0 Å². The van der Waals surface area contributed by atoms with Gasteiger partial charge in [0.15, 0.2) is 6.10 Å². The first-order chi connectivity index (χ1) is 9.10. The molecule has 0 aromatic heterocycles. The second-order valence-corrected chi connectivity index (χ2v) is 4.17. The number of aliphatic hydroxyl groups excluding tert-OH is 1. The summed E-state index contributed by atoms with van der Waals surface area (Å²) in [4.78, 5) is 10.7. The Morgan fingerprint density at radius 2 is 2.00 bits per heavy atom. The standard InChI is InChI=1S/C16H22O3/c1-4-6-7-8-11-15(18)12-9-10-13-16(5-2)19-14(3)17/h5,15-16,18H,2,4,6-8,11H2,1,3H3/t15-,16+/m0/s1. The summed E-state index contributed by atoms with van der Waals surface area (Å²) in [5.41, 5.74) is 0. The number of unbranched alkanes of at least 4 members (excludes halogenated alkanes) is 3. The molecule has 0 aromatic carbocycles. The monoisotopic (exact) mass is 262 g/mol. The van der Waals surface area contributed by atoms with Gasteiger partial charge in [0, 0.05) is 6.92 Å².